The van der Waals surface area contributed by atoms with Gasteiger partial charge in [-0.1, -0.05) is 11.6 Å². The summed E-state index contributed by atoms with van der Waals surface area (Å²) in [5, 5.41) is 5.67. The Kier molecular flexibility index (Phi) is 3.09. The summed E-state index contributed by atoms with van der Waals surface area (Å²) in [6.07, 6.45) is 2.99. The third-order valence-corrected chi connectivity index (χ3v) is 3.72. The van der Waals surface area contributed by atoms with Crippen LogP contribution in [0.3, 0.4) is 0 Å². The van der Waals surface area contributed by atoms with Crippen molar-refractivity contribution in [1.82, 2.24) is 10.3 Å². The number of pyridine rings is 1. The molecule has 1 aliphatic rings. The number of aromatic nitrogens is 1. The molecule has 1 fully saturated rings. The second-order valence-corrected chi connectivity index (χ2v) is 4.72. The number of hydrogen-bond acceptors (Lipinski definition) is 3. The van der Waals surface area contributed by atoms with Gasteiger partial charge < -0.3 is 5.32 Å². The van der Waals surface area contributed by atoms with E-state index >= 15 is 0 Å². The van der Waals surface area contributed by atoms with E-state index in [9.17, 15) is 0 Å². The molecule has 0 saturated carbocycles. The normalized spacial score (nSPS) is 22.1. The fourth-order valence-corrected chi connectivity index (χ4v) is 2.65. The van der Waals surface area contributed by atoms with Crippen LogP contribution >= 0.6 is 23.4 Å². The van der Waals surface area contributed by atoms with E-state index in [1.165, 1.54) is 6.42 Å². The Labute approximate surface area is 87.1 Å². The van der Waals surface area contributed by atoms with Crippen molar-refractivity contribution in [3.63, 3.8) is 0 Å². The summed E-state index contributed by atoms with van der Waals surface area (Å²) in [6.45, 7) is 2.18. The van der Waals surface area contributed by atoms with Crippen LogP contribution in [0.4, 0.5) is 0 Å². The molecule has 1 aromatic rings. The van der Waals surface area contributed by atoms with E-state index in [1.54, 1.807) is 18.0 Å². The molecule has 0 spiro atoms. The van der Waals surface area contributed by atoms with Gasteiger partial charge in [-0.15, -0.1) is 11.8 Å². The number of nitrogens with one attached hydrogen (secondary N) is 1. The Balaban J connectivity index is 2.04. The first-order chi connectivity index (χ1) is 6.36. The van der Waals surface area contributed by atoms with E-state index in [2.05, 4.69) is 10.3 Å². The maximum absolute atomic E-state index is 6.00. The van der Waals surface area contributed by atoms with Crippen LogP contribution in [0, 0.1) is 0 Å². The molecule has 0 radical (unpaired) electrons. The van der Waals surface area contributed by atoms with Crippen molar-refractivity contribution in [2.45, 2.75) is 16.7 Å². The Hall–Kier alpha value is -0.250. The molecule has 2 nitrogen and oxygen atoms in total. The van der Waals surface area contributed by atoms with E-state index in [1.807, 2.05) is 12.1 Å². The lowest BCUT2D eigenvalue weighted by atomic mass is 10.4. The first-order valence-electron chi connectivity index (χ1n) is 4.34. The van der Waals surface area contributed by atoms with Crippen LogP contribution in [0.2, 0.25) is 5.02 Å². The highest BCUT2D eigenvalue weighted by Crippen LogP contribution is 2.30. The molecular formula is C9H11ClN2S. The molecule has 0 amide bonds. The van der Waals surface area contributed by atoms with E-state index < -0.39 is 0 Å². The second-order valence-electron chi connectivity index (χ2n) is 3.02. The van der Waals surface area contributed by atoms with Crippen LogP contribution in [0.15, 0.2) is 23.4 Å². The van der Waals surface area contributed by atoms with Gasteiger partial charge in [0.1, 0.15) is 5.03 Å². The summed E-state index contributed by atoms with van der Waals surface area (Å²) in [5.41, 5.74) is 0. The number of nitrogens with zero attached hydrogens (tertiary/aromatic N) is 1. The van der Waals surface area contributed by atoms with Gasteiger partial charge in [-0.2, -0.15) is 0 Å². The van der Waals surface area contributed by atoms with E-state index in [0.717, 1.165) is 23.1 Å². The quantitative estimate of drug-likeness (QED) is 0.817. The Bertz CT molecular complexity index is 287. The molecule has 1 aromatic heterocycles. The van der Waals surface area contributed by atoms with E-state index in [-0.39, 0.29) is 0 Å². The average Bonchev–Trinajstić information content (AvgIpc) is 2.61. The van der Waals surface area contributed by atoms with Gasteiger partial charge in [0.15, 0.2) is 0 Å². The molecule has 13 heavy (non-hydrogen) atoms. The van der Waals surface area contributed by atoms with Crippen LogP contribution in [0.5, 0.6) is 0 Å². The minimum atomic E-state index is 0.632. The molecule has 1 N–H and O–H groups in total. The molecule has 70 valence electrons. The third-order valence-electron chi connectivity index (χ3n) is 2.02. The molecule has 0 aliphatic carbocycles. The van der Waals surface area contributed by atoms with Crippen molar-refractivity contribution in [3.8, 4) is 0 Å². The molecule has 1 unspecified atom stereocenters. The lowest BCUT2D eigenvalue weighted by Crippen LogP contribution is -2.10. The molecule has 0 bridgehead atoms. The Morgan fingerprint density at radius 3 is 3.23 bits per heavy atom. The molecule has 4 heteroatoms. The summed E-state index contributed by atoms with van der Waals surface area (Å²) >= 11 is 7.77. The standard InChI is InChI=1S/C9H11ClN2S/c10-8-2-1-4-12-9(8)13-7-3-5-11-6-7/h1-2,4,7,11H,3,5-6H2. The largest absolute Gasteiger partial charge is 0.316 e. The molecule has 2 rings (SSSR count). The van der Waals surface area contributed by atoms with Crippen LogP contribution in [0.25, 0.3) is 0 Å². The summed E-state index contributed by atoms with van der Waals surface area (Å²) in [5.74, 6) is 0. The van der Waals surface area contributed by atoms with Crippen LogP contribution in [-0.4, -0.2) is 23.3 Å². The van der Waals surface area contributed by atoms with Gasteiger partial charge in [-0.05, 0) is 25.1 Å². The van der Waals surface area contributed by atoms with Crippen LogP contribution < -0.4 is 5.32 Å². The van der Waals surface area contributed by atoms with Crippen LogP contribution in [-0.2, 0) is 0 Å². The lowest BCUT2D eigenvalue weighted by Gasteiger charge is -2.07. The maximum Gasteiger partial charge on any atom is 0.115 e. The van der Waals surface area contributed by atoms with Gasteiger partial charge in [0.25, 0.3) is 0 Å². The smallest absolute Gasteiger partial charge is 0.115 e. The minimum Gasteiger partial charge on any atom is -0.316 e. The van der Waals surface area contributed by atoms with Crippen molar-refractivity contribution in [2.24, 2.45) is 0 Å². The highest BCUT2D eigenvalue weighted by molar-refractivity contribution is 8.00. The summed E-state index contributed by atoms with van der Waals surface area (Å²) in [4.78, 5) is 4.24. The van der Waals surface area contributed by atoms with Crippen molar-refractivity contribution in [1.29, 1.82) is 0 Å². The van der Waals surface area contributed by atoms with Gasteiger partial charge in [0.05, 0.1) is 5.02 Å². The minimum absolute atomic E-state index is 0.632. The highest BCUT2D eigenvalue weighted by Gasteiger charge is 2.17. The van der Waals surface area contributed by atoms with Gasteiger partial charge in [0.2, 0.25) is 0 Å². The first kappa shape index (κ1) is 9.31. The van der Waals surface area contributed by atoms with Crippen molar-refractivity contribution >= 4 is 23.4 Å². The van der Waals surface area contributed by atoms with Gasteiger partial charge in [-0.25, -0.2) is 4.98 Å². The predicted molar refractivity (Wildman–Crippen MR) is 56.4 cm³/mol. The summed E-state index contributed by atoms with van der Waals surface area (Å²) in [6, 6.07) is 3.75. The van der Waals surface area contributed by atoms with Gasteiger partial charge >= 0.3 is 0 Å². The molecule has 1 aliphatic heterocycles. The highest BCUT2D eigenvalue weighted by atomic mass is 35.5. The van der Waals surface area contributed by atoms with Crippen molar-refractivity contribution in [2.75, 3.05) is 13.1 Å². The molecule has 1 atom stereocenters. The Morgan fingerprint density at radius 1 is 1.62 bits per heavy atom. The van der Waals surface area contributed by atoms with Crippen molar-refractivity contribution in [3.05, 3.63) is 23.4 Å². The summed E-state index contributed by atoms with van der Waals surface area (Å²) < 4.78 is 0. The number of thioether (sulfide) groups is 1. The molecular weight excluding hydrogens is 204 g/mol. The fraction of sp³-hybridized carbons (Fsp3) is 0.444. The average molecular weight is 215 g/mol. The van der Waals surface area contributed by atoms with Gasteiger partial charge in [0, 0.05) is 18.0 Å². The summed E-state index contributed by atoms with van der Waals surface area (Å²) in [7, 11) is 0. The van der Waals surface area contributed by atoms with E-state index in [0.29, 0.717) is 5.25 Å². The number of hydrogen-bond donors (Lipinski definition) is 1. The predicted octanol–water partition coefficient (Wildman–Crippen LogP) is 2.19. The SMILES string of the molecule is Clc1cccnc1SC1CCNC1. The van der Waals surface area contributed by atoms with Gasteiger partial charge in [-0.3, -0.25) is 0 Å². The Morgan fingerprint density at radius 2 is 2.54 bits per heavy atom. The third kappa shape index (κ3) is 2.36. The fourth-order valence-electron chi connectivity index (χ4n) is 1.34. The van der Waals surface area contributed by atoms with Crippen molar-refractivity contribution < 1.29 is 0 Å². The molecule has 1 saturated heterocycles. The number of halogens is 1. The second kappa shape index (κ2) is 4.31. The zero-order valence-corrected chi connectivity index (χ0v) is 8.74. The number of rotatable bonds is 2. The first-order valence-corrected chi connectivity index (χ1v) is 5.60. The lowest BCUT2D eigenvalue weighted by molar-refractivity contribution is 0.858. The monoisotopic (exact) mass is 214 g/mol. The van der Waals surface area contributed by atoms with E-state index in [4.69, 9.17) is 11.6 Å². The topological polar surface area (TPSA) is 24.9 Å². The van der Waals surface area contributed by atoms with Crippen LogP contribution in [0.1, 0.15) is 6.42 Å². The zero-order chi connectivity index (χ0) is 9.10. The zero-order valence-electron chi connectivity index (χ0n) is 7.16. The molecule has 0 aromatic carbocycles. The maximum atomic E-state index is 6.00. The molecule has 2 heterocycles.